The molecule has 1 aromatic carbocycles. The molecule has 2 rings (SSSR count). The summed E-state index contributed by atoms with van der Waals surface area (Å²) in [5, 5.41) is 2.92. The van der Waals surface area contributed by atoms with E-state index in [1.165, 1.54) is 5.56 Å². The van der Waals surface area contributed by atoms with Gasteiger partial charge in [-0.05, 0) is 18.6 Å². The van der Waals surface area contributed by atoms with E-state index in [4.69, 9.17) is 0 Å². The van der Waals surface area contributed by atoms with Crippen molar-refractivity contribution in [3.05, 3.63) is 59.8 Å². The van der Waals surface area contributed by atoms with Crippen LogP contribution in [0.15, 0.2) is 48.7 Å². The van der Waals surface area contributed by atoms with Crippen LogP contribution in [0.4, 0.5) is 5.82 Å². The van der Waals surface area contributed by atoms with E-state index < -0.39 is 0 Å². The molecule has 1 amide bonds. The summed E-state index contributed by atoms with van der Waals surface area (Å²) in [4.78, 5) is 18.6. The first-order valence-corrected chi connectivity index (χ1v) is 8.67. The van der Waals surface area contributed by atoms with Crippen molar-refractivity contribution in [3.8, 4) is 0 Å². The predicted molar refractivity (Wildman–Crippen MR) is 97.6 cm³/mol. The van der Waals surface area contributed by atoms with E-state index in [0.29, 0.717) is 6.54 Å². The summed E-state index contributed by atoms with van der Waals surface area (Å²) >= 11 is 1.65. The minimum Gasteiger partial charge on any atom is -0.362 e. The number of pyridine rings is 1. The van der Waals surface area contributed by atoms with E-state index in [-0.39, 0.29) is 11.2 Å². The molecule has 1 aromatic heterocycles. The highest BCUT2D eigenvalue weighted by atomic mass is 32.2. The molecule has 2 aromatic rings. The number of aromatic nitrogens is 1. The van der Waals surface area contributed by atoms with Gasteiger partial charge in [0.25, 0.3) is 0 Å². The van der Waals surface area contributed by atoms with E-state index in [1.54, 1.807) is 18.0 Å². The summed E-state index contributed by atoms with van der Waals surface area (Å²) in [6.07, 6.45) is 1.76. The zero-order valence-corrected chi connectivity index (χ0v) is 14.6. The first kappa shape index (κ1) is 17.3. The maximum Gasteiger partial charge on any atom is 0.233 e. The molecule has 1 N–H and O–H groups in total. The minimum atomic E-state index is -0.0883. The number of carbonyl (C=O) groups excluding carboxylic acids is 1. The van der Waals surface area contributed by atoms with Gasteiger partial charge in [-0.3, -0.25) is 4.79 Å². The molecule has 0 fully saturated rings. The average molecular weight is 329 g/mol. The molecular weight excluding hydrogens is 306 g/mol. The lowest BCUT2D eigenvalue weighted by atomic mass is 10.2. The van der Waals surface area contributed by atoms with Crippen molar-refractivity contribution in [3.63, 3.8) is 0 Å². The monoisotopic (exact) mass is 329 g/mol. The van der Waals surface area contributed by atoms with Crippen LogP contribution in [-0.4, -0.2) is 30.2 Å². The highest BCUT2D eigenvalue weighted by Crippen LogP contribution is 2.18. The summed E-state index contributed by atoms with van der Waals surface area (Å²) in [5.74, 6) is 1.78. The number of nitrogens with one attached hydrogen (secondary N) is 1. The molecule has 1 atom stereocenters. The second-order valence-corrected chi connectivity index (χ2v) is 6.87. The molecule has 0 bridgehead atoms. The molecular formula is C18H23N3OS. The van der Waals surface area contributed by atoms with Gasteiger partial charge < -0.3 is 10.2 Å². The lowest BCUT2D eigenvalue weighted by molar-refractivity contribution is -0.120. The van der Waals surface area contributed by atoms with Gasteiger partial charge >= 0.3 is 0 Å². The highest BCUT2D eigenvalue weighted by molar-refractivity contribution is 7.99. The van der Waals surface area contributed by atoms with Gasteiger partial charge in [0.1, 0.15) is 5.82 Å². The van der Waals surface area contributed by atoms with Crippen LogP contribution in [0.1, 0.15) is 18.1 Å². The van der Waals surface area contributed by atoms with Crippen LogP contribution < -0.4 is 10.2 Å². The number of rotatable bonds is 7. The Morgan fingerprint density at radius 3 is 2.65 bits per heavy atom. The van der Waals surface area contributed by atoms with E-state index in [9.17, 15) is 4.79 Å². The van der Waals surface area contributed by atoms with Crippen LogP contribution in [0, 0.1) is 0 Å². The van der Waals surface area contributed by atoms with Crippen molar-refractivity contribution in [2.45, 2.75) is 24.5 Å². The van der Waals surface area contributed by atoms with Gasteiger partial charge in [0.05, 0.1) is 5.25 Å². The Morgan fingerprint density at radius 2 is 1.96 bits per heavy atom. The smallest absolute Gasteiger partial charge is 0.233 e. The number of thioether (sulfide) groups is 1. The normalized spacial score (nSPS) is 11.8. The molecule has 0 saturated heterocycles. The standard InChI is InChI=1S/C18H23N3OS/c1-14(23-13-15-8-5-4-6-9-15)18(22)20-12-16-10-7-11-19-17(16)21(2)3/h4-11,14H,12-13H2,1-3H3,(H,20,22). The molecule has 23 heavy (non-hydrogen) atoms. The highest BCUT2D eigenvalue weighted by Gasteiger charge is 2.14. The van der Waals surface area contributed by atoms with Crippen molar-refractivity contribution in [2.75, 3.05) is 19.0 Å². The summed E-state index contributed by atoms with van der Waals surface area (Å²) in [7, 11) is 3.90. The van der Waals surface area contributed by atoms with E-state index >= 15 is 0 Å². The van der Waals surface area contributed by atoms with E-state index in [2.05, 4.69) is 22.4 Å². The topological polar surface area (TPSA) is 45.2 Å². The molecule has 122 valence electrons. The van der Waals surface area contributed by atoms with E-state index in [0.717, 1.165) is 17.1 Å². The quantitative estimate of drug-likeness (QED) is 0.848. The van der Waals surface area contributed by atoms with E-state index in [1.807, 2.05) is 56.3 Å². The van der Waals surface area contributed by atoms with Crippen LogP contribution >= 0.6 is 11.8 Å². The van der Waals surface area contributed by atoms with Gasteiger partial charge in [0.15, 0.2) is 0 Å². The number of benzene rings is 1. The fraction of sp³-hybridized carbons (Fsp3) is 0.333. The third-order valence-corrected chi connectivity index (χ3v) is 4.67. The van der Waals surface area contributed by atoms with Crippen molar-refractivity contribution >= 4 is 23.5 Å². The number of hydrogen-bond donors (Lipinski definition) is 1. The number of hydrogen-bond acceptors (Lipinski definition) is 4. The molecule has 0 radical (unpaired) electrons. The molecule has 0 aliphatic carbocycles. The summed E-state index contributed by atoms with van der Waals surface area (Å²) < 4.78 is 0. The van der Waals surface area contributed by atoms with Gasteiger partial charge in [-0.15, -0.1) is 11.8 Å². The van der Waals surface area contributed by atoms with Crippen molar-refractivity contribution in [2.24, 2.45) is 0 Å². The van der Waals surface area contributed by atoms with Crippen LogP contribution in [0.5, 0.6) is 0 Å². The summed E-state index contributed by atoms with van der Waals surface area (Å²) in [5.41, 5.74) is 2.26. The van der Waals surface area contributed by atoms with Gasteiger partial charge in [-0.1, -0.05) is 36.4 Å². The Labute approximate surface area is 142 Å². The largest absolute Gasteiger partial charge is 0.362 e. The van der Waals surface area contributed by atoms with Gasteiger partial charge in [0, 0.05) is 38.2 Å². The molecule has 0 spiro atoms. The zero-order valence-electron chi connectivity index (χ0n) is 13.8. The Bertz CT molecular complexity index is 631. The number of nitrogens with zero attached hydrogens (tertiary/aromatic N) is 2. The first-order chi connectivity index (χ1) is 11.1. The van der Waals surface area contributed by atoms with Crippen LogP contribution in [-0.2, 0) is 17.1 Å². The maximum absolute atomic E-state index is 12.3. The fourth-order valence-electron chi connectivity index (χ4n) is 2.17. The first-order valence-electron chi connectivity index (χ1n) is 7.62. The lowest BCUT2D eigenvalue weighted by Gasteiger charge is -2.17. The van der Waals surface area contributed by atoms with Gasteiger partial charge in [-0.2, -0.15) is 0 Å². The molecule has 1 heterocycles. The SMILES string of the molecule is CC(SCc1ccccc1)C(=O)NCc1cccnc1N(C)C. The lowest BCUT2D eigenvalue weighted by Crippen LogP contribution is -2.31. The van der Waals surface area contributed by atoms with Crippen molar-refractivity contribution in [1.29, 1.82) is 0 Å². The number of anilines is 1. The Hall–Kier alpha value is -2.01. The average Bonchev–Trinajstić information content (AvgIpc) is 2.58. The fourth-order valence-corrected chi connectivity index (χ4v) is 3.04. The predicted octanol–water partition coefficient (Wildman–Crippen LogP) is 3.09. The van der Waals surface area contributed by atoms with Crippen molar-refractivity contribution in [1.82, 2.24) is 10.3 Å². The molecule has 4 nitrogen and oxygen atoms in total. The zero-order chi connectivity index (χ0) is 16.7. The Kier molecular flexibility index (Phi) is 6.47. The second kappa shape index (κ2) is 8.58. The van der Waals surface area contributed by atoms with Gasteiger partial charge in [0.2, 0.25) is 5.91 Å². The molecule has 0 saturated carbocycles. The minimum absolute atomic E-state index is 0.0551. The molecule has 0 aliphatic rings. The number of carbonyl (C=O) groups is 1. The van der Waals surface area contributed by atoms with Crippen LogP contribution in [0.3, 0.4) is 0 Å². The number of amides is 1. The maximum atomic E-state index is 12.3. The summed E-state index contributed by atoms with van der Waals surface area (Å²) in [6.45, 7) is 2.44. The summed E-state index contributed by atoms with van der Waals surface area (Å²) in [6, 6.07) is 14.1. The van der Waals surface area contributed by atoms with Crippen LogP contribution in [0.2, 0.25) is 0 Å². The van der Waals surface area contributed by atoms with Gasteiger partial charge in [-0.25, -0.2) is 4.98 Å². The molecule has 5 heteroatoms. The third kappa shape index (κ3) is 5.28. The molecule has 0 aliphatic heterocycles. The Balaban J connectivity index is 1.85. The van der Waals surface area contributed by atoms with Crippen LogP contribution in [0.25, 0.3) is 0 Å². The third-order valence-electron chi connectivity index (χ3n) is 3.46. The Morgan fingerprint density at radius 1 is 1.22 bits per heavy atom. The van der Waals surface area contributed by atoms with Crippen molar-refractivity contribution < 1.29 is 4.79 Å². The second-order valence-electron chi connectivity index (χ2n) is 5.54. The molecule has 1 unspecified atom stereocenters.